The molecule has 1 saturated carbocycles. The van der Waals surface area contributed by atoms with Gasteiger partial charge in [0.05, 0.1) is 18.8 Å². The Bertz CT molecular complexity index is 1140. The SMILES string of the molecule is COc1nc(OC2CC(n3ccc4c(C)ncnc43)C(O)C2O)c2c(c1F)CCNC2. The van der Waals surface area contributed by atoms with E-state index in [0.29, 0.717) is 42.7 Å². The number of fused-ring (bicyclic) bond motifs is 2. The number of pyridine rings is 1. The van der Waals surface area contributed by atoms with E-state index >= 15 is 0 Å². The highest BCUT2D eigenvalue weighted by atomic mass is 19.1. The molecule has 3 N–H and O–H groups in total. The zero-order valence-electron chi connectivity index (χ0n) is 17.2. The first-order chi connectivity index (χ1) is 15.0. The molecule has 31 heavy (non-hydrogen) atoms. The lowest BCUT2D eigenvalue weighted by molar-refractivity contribution is -0.0179. The van der Waals surface area contributed by atoms with E-state index in [-0.39, 0.29) is 11.8 Å². The van der Waals surface area contributed by atoms with Gasteiger partial charge in [0.15, 0.2) is 5.82 Å². The van der Waals surface area contributed by atoms with E-state index in [2.05, 4.69) is 20.3 Å². The van der Waals surface area contributed by atoms with Crippen LogP contribution in [0, 0.1) is 12.7 Å². The minimum Gasteiger partial charge on any atom is -0.479 e. The second-order valence-corrected chi connectivity index (χ2v) is 7.98. The fourth-order valence-electron chi connectivity index (χ4n) is 4.57. The van der Waals surface area contributed by atoms with Gasteiger partial charge in [-0.25, -0.2) is 14.4 Å². The molecule has 4 unspecified atom stereocenters. The Kier molecular flexibility index (Phi) is 4.99. The number of ether oxygens (including phenoxy) is 2. The molecule has 9 nitrogen and oxygen atoms in total. The Morgan fingerprint density at radius 2 is 2.03 bits per heavy atom. The van der Waals surface area contributed by atoms with Crippen molar-refractivity contribution >= 4 is 11.0 Å². The molecular formula is C21H24FN5O4. The van der Waals surface area contributed by atoms with Gasteiger partial charge in [-0.2, -0.15) is 4.98 Å². The van der Waals surface area contributed by atoms with Crippen LogP contribution in [0.25, 0.3) is 11.0 Å². The molecule has 0 amide bonds. The number of aliphatic hydroxyl groups is 2. The van der Waals surface area contributed by atoms with Crippen LogP contribution < -0.4 is 14.8 Å². The number of nitrogens with zero attached hydrogens (tertiary/aromatic N) is 4. The Morgan fingerprint density at radius 3 is 2.84 bits per heavy atom. The number of halogens is 1. The lowest BCUT2D eigenvalue weighted by atomic mass is 10.0. The molecule has 0 bridgehead atoms. The van der Waals surface area contributed by atoms with E-state index in [4.69, 9.17) is 9.47 Å². The normalized spacial score (nSPS) is 25.6. The molecule has 10 heteroatoms. The summed E-state index contributed by atoms with van der Waals surface area (Å²) in [5.41, 5.74) is 2.65. The molecule has 0 radical (unpaired) electrons. The number of rotatable bonds is 4. The number of aryl methyl sites for hydroxylation is 1. The van der Waals surface area contributed by atoms with Gasteiger partial charge < -0.3 is 29.6 Å². The number of hydrogen-bond donors (Lipinski definition) is 3. The number of aliphatic hydroxyl groups excluding tert-OH is 2. The summed E-state index contributed by atoms with van der Waals surface area (Å²) in [6.07, 6.45) is 1.20. The fraction of sp³-hybridized carbons (Fsp3) is 0.476. The number of hydrogen-bond acceptors (Lipinski definition) is 8. The Labute approximate surface area is 177 Å². The van der Waals surface area contributed by atoms with Crippen molar-refractivity contribution in [3.05, 3.63) is 41.2 Å². The maximum atomic E-state index is 14.6. The summed E-state index contributed by atoms with van der Waals surface area (Å²) in [4.78, 5) is 12.7. The van der Waals surface area contributed by atoms with E-state index < -0.39 is 30.2 Å². The van der Waals surface area contributed by atoms with Crippen LogP contribution in [0.15, 0.2) is 18.6 Å². The molecule has 4 atom stereocenters. The van der Waals surface area contributed by atoms with E-state index in [1.165, 1.54) is 13.4 Å². The van der Waals surface area contributed by atoms with E-state index in [1.54, 1.807) is 0 Å². The molecule has 0 spiro atoms. The number of methoxy groups -OCH3 is 1. The highest BCUT2D eigenvalue weighted by Crippen LogP contribution is 2.38. The van der Waals surface area contributed by atoms with Crippen molar-refractivity contribution < 1.29 is 24.1 Å². The monoisotopic (exact) mass is 429 g/mol. The summed E-state index contributed by atoms with van der Waals surface area (Å²) in [7, 11) is 1.36. The third-order valence-corrected chi connectivity index (χ3v) is 6.25. The van der Waals surface area contributed by atoms with E-state index in [0.717, 1.165) is 11.1 Å². The lowest BCUT2D eigenvalue weighted by Crippen LogP contribution is -2.35. The maximum Gasteiger partial charge on any atom is 0.253 e. The smallest absolute Gasteiger partial charge is 0.253 e. The van der Waals surface area contributed by atoms with Crippen molar-refractivity contribution in [2.75, 3.05) is 13.7 Å². The number of nitrogens with one attached hydrogen (secondary N) is 1. The van der Waals surface area contributed by atoms with Crippen LogP contribution in [0.4, 0.5) is 4.39 Å². The summed E-state index contributed by atoms with van der Waals surface area (Å²) < 4.78 is 27.6. The third kappa shape index (κ3) is 3.22. The van der Waals surface area contributed by atoms with Crippen molar-refractivity contribution in [1.29, 1.82) is 0 Å². The molecule has 0 saturated heterocycles. The van der Waals surface area contributed by atoms with Crippen LogP contribution in [-0.4, -0.2) is 61.7 Å². The van der Waals surface area contributed by atoms with Crippen LogP contribution >= 0.6 is 0 Å². The van der Waals surface area contributed by atoms with Crippen molar-refractivity contribution in [2.45, 2.75) is 50.7 Å². The van der Waals surface area contributed by atoms with Gasteiger partial charge in [-0.3, -0.25) is 0 Å². The van der Waals surface area contributed by atoms with Crippen LogP contribution in [0.2, 0.25) is 0 Å². The first kappa shape index (κ1) is 20.1. The average molecular weight is 429 g/mol. The minimum absolute atomic E-state index is 0.135. The molecule has 164 valence electrons. The summed E-state index contributed by atoms with van der Waals surface area (Å²) >= 11 is 0. The third-order valence-electron chi connectivity index (χ3n) is 6.25. The van der Waals surface area contributed by atoms with Crippen molar-refractivity contribution in [3.8, 4) is 11.8 Å². The molecule has 5 rings (SSSR count). The molecular weight excluding hydrogens is 405 g/mol. The fourth-order valence-corrected chi connectivity index (χ4v) is 4.57. The molecule has 2 aliphatic rings. The molecule has 0 aromatic carbocycles. The lowest BCUT2D eigenvalue weighted by Gasteiger charge is -2.24. The molecule has 1 aliphatic carbocycles. The second kappa shape index (κ2) is 7.70. The molecule has 4 heterocycles. The van der Waals surface area contributed by atoms with Crippen LogP contribution in [0.3, 0.4) is 0 Å². The van der Waals surface area contributed by atoms with Crippen LogP contribution in [-0.2, 0) is 13.0 Å². The quantitative estimate of drug-likeness (QED) is 0.564. The van der Waals surface area contributed by atoms with Crippen LogP contribution in [0.1, 0.15) is 29.3 Å². The maximum absolute atomic E-state index is 14.6. The standard InChI is InChI=1S/C21H24FN5O4/c1-10-11-4-6-27(19(11)25-9-24-10)14-7-15(18(29)17(14)28)31-20-13-8-23-5-3-12(13)16(22)21(26-20)30-2/h4,6,9,14-15,17-18,23,28-29H,3,5,7-8H2,1-2H3. The summed E-state index contributed by atoms with van der Waals surface area (Å²) in [6.45, 7) is 2.95. The van der Waals surface area contributed by atoms with Crippen molar-refractivity contribution in [1.82, 2.24) is 24.8 Å². The Balaban J connectivity index is 1.47. The zero-order chi connectivity index (χ0) is 21.7. The molecule has 3 aromatic rings. The Morgan fingerprint density at radius 1 is 1.19 bits per heavy atom. The highest BCUT2D eigenvalue weighted by molar-refractivity contribution is 5.78. The predicted molar refractivity (Wildman–Crippen MR) is 109 cm³/mol. The average Bonchev–Trinajstić information content (AvgIpc) is 3.33. The largest absolute Gasteiger partial charge is 0.479 e. The first-order valence-corrected chi connectivity index (χ1v) is 10.3. The minimum atomic E-state index is -1.14. The van der Waals surface area contributed by atoms with Gasteiger partial charge >= 0.3 is 0 Å². The van der Waals surface area contributed by atoms with Gasteiger partial charge in [-0.15, -0.1) is 0 Å². The highest BCUT2D eigenvalue weighted by Gasteiger charge is 2.45. The predicted octanol–water partition coefficient (Wildman–Crippen LogP) is 1.04. The van der Waals surface area contributed by atoms with Gasteiger partial charge in [0.2, 0.25) is 5.88 Å². The Hall–Kier alpha value is -2.82. The van der Waals surface area contributed by atoms with Crippen LogP contribution in [0.5, 0.6) is 11.8 Å². The molecule has 3 aromatic heterocycles. The number of aromatic nitrogens is 4. The van der Waals surface area contributed by atoms with Crippen molar-refractivity contribution in [2.24, 2.45) is 0 Å². The van der Waals surface area contributed by atoms with E-state index in [1.807, 2.05) is 23.8 Å². The van der Waals surface area contributed by atoms with E-state index in [9.17, 15) is 14.6 Å². The summed E-state index contributed by atoms with van der Waals surface area (Å²) in [6, 6.07) is 1.45. The first-order valence-electron chi connectivity index (χ1n) is 10.3. The zero-order valence-corrected chi connectivity index (χ0v) is 17.2. The van der Waals surface area contributed by atoms with Gasteiger partial charge in [-0.1, -0.05) is 0 Å². The topological polar surface area (TPSA) is 115 Å². The van der Waals surface area contributed by atoms with Gasteiger partial charge in [0, 0.05) is 35.7 Å². The van der Waals surface area contributed by atoms with Gasteiger partial charge in [0.1, 0.15) is 30.3 Å². The van der Waals surface area contributed by atoms with Gasteiger partial charge in [-0.05, 0) is 26.0 Å². The van der Waals surface area contributed by atoms with Crippen molar-refractivity contribution in [3.63, 3.8) is 0 Å². The summed E-state index contributed by atoms with van der Waals surface area (Å²) in [5, 5.41) is 25.6. The van der Waals surface area contributed by atoms with Gasteiger partial charge in [0.25, 0.3) is 5.88 Å². The molecule has 1 fully saturated rings. The second-order valence-electron chi connectivity index (χ2n) is 7.98. The molecule has 1 aliphatic heterocycles. The summed E-state index contributed by atoms with van der Waals surface area (Å²) in [5.74, 6) is -0.401.